The van der Waals surface area contributed by atoms with E-state index in [0.717, 1.165) is 38.9 Å². The second kappa shape index (κ2) is 7.16. The Morgan fingerprint density at radius 2 is 2.39 bits per heavy atom. The van der Waals surface area contributed by atoms with E-state index < -0.39 is 0 Å². The Balaban J connectivity index is 1.61. The molecule has 1 aromatic rings. The molecule has 1 amide bonds. The zero-order valence-electron chi connectivity index (χ0n) is 10.8. The van der Waals surface area contributed by atoms with Gasteiger partial charge in [-0.2, -0.15) is 5.10 Å². The van der Waals surface area contributed by atoms with Crippen molar-refractivity contribution in [3.63, 3.8) is 0 Å². The third-order valence-corrected chi connectivity index (χ3v) is 3.30. The van der Waals surface area contributed by atoms with Gasteiger partial charge in [0.25, 0.3) is 0 Å². The number of amides is 1. The molecule has 2 heterocycles. The quantitative estimate of drug-likeness (QED) is 0.764. The zero-order chi connectivity index (χ0) is 12.6. The average Bonchev–Trinajstić information content (AvgIpc) is 2.74. The number of hydrogen-bond acceptors (Lipinski definition) is 3. The van der Waals surface area contributed by atoms with Gasteiger partial charge in [-0.15, -0.1) is 0 Å². The molecule has 1 aromatic heterocycles. The summed E-state index contributed by atoms with van der Waals surface area (Å²) in [4.78, 5) is 11.9. The summed E-state index contributed by atoms with van der Waals surface area (Å²) in [6.45, 7) is 2.54. The van der Waals surface area contributed by atoms with E-state index in [4.69, 9.17) is 0 Å². The maximum Gasteiger partial charge on any atom is 0.237 e. The maximum atomic E-state index is 11.9. The number of rotatable bonds is 5. The lowest BCUT2D eigenvalue weighted by molar-refractivity contribution is -0.123. The van der Waals surface area contributed by atoms with Gasteiger partial charge in [0, 0.05) is 25.5 Å². The van der Waals surface area contributed by atoms with Crippen molar-refractivity contribution in [3.05, 3.63) is 18.5 Å². The number of nitrogens with one attached hydrogen (secondary N) is 2. The normalized spacial score (nSPS) is 20.3. The Hall–Kier alpha value is -1.36. The van der Waals surface area contributed by atoms with Crippen molar-refractivity contribution in [2.75, 3.05) is 13.1 Å². The van der Waals surface area contributed by atoms with Crippen molar-refractivity contribution < 1.29 is 4.79 Å². The third kappa shape index (κ3) is 4.14. The smallest absolute Gasteiger partial charge is 0.237 e. The van der Waals surface area contributed by atoms with Gasteiger partial charge in [-0.05, 0) is 31.9 Å². The molecule has 0 bridgehead atoms. The van der Waals surface area contributed by atoms with Crippen LogP contribution in [0, 0.1) is 0 Å². The van der Waals surface area contributed by atoms with Gasteiger partial charge < -0.3 is 10.6 Å². The Morgan fingerprint density at radius 3 is 3.22 bits per heavy atom. The van der Waals surface area contributed by atoms with E-state index in [0.29, 0.717) is 0 Å². The molecule has 1 unspecified atom stereocenters. The van der Waals surface area contributed by atoms with Crippen LogP contribution >= 0.6 is 0 Å². The van der Waals surface area contributed by atoms with Gasteiger partial charge >= 0.3 is 0 Å². The lowest BCUT2D eigenvalue weighted by Crippen LogP contribution is -2.44. The first-order valence-corrected chi connectivity index (χ1v) is 6.85. The molecule has 1 aliphatic rings. The predicted molar refractivity (Wildman–Crippen MR) is 70.1 cm³/mol. The molecule has 0 aliphatic carbocycles. The number of aromatic nitrogens is 2. The van der Waals surface area contributed by atoms with Crippen molar-refractivity contribution in [3.8, 4) is 0 Å². The van der Waals surface area contributed by atoms with Gasteiger partial charge in [0.2, 0.25) is 5.91 Å². The average molecular weight is 250 g/mol. The van der Waals surface area contributed by atoms with Crippen LogP contribution in [0.1, 0.15) is 32.1 Å². The van der Waals surface area contributed by atoms with E-state index in [2.05, 4.69) is 15.7 Å². The summed E-state index contributed by atoms with van der Waals surface area (Å²) in [7, 11) is 0. The minimum Gasteiger partial charge on any atom is -0.355 e. The molecule has 0 radical (unpaired) electrons. The summed E-state index contributed by atoms with van der Waals surface area (Å²) in [5.74, 6) is 0.150. The molecule has 1 fully saturated rings. The summed E-state index contributed by atoms with van der Waals surface area (Å²) < 4.78 is 1.88. The summed E-state index contributed by atoms with van der Waals surface area (Å²) in [5, 5.41) is 10.4. The van der Waals surface area contributed by atoms with Crippen molar-refractivity contribution in [1.29, 1.82) is 0 Å². The van der Waals surface area contributed by atoms with Crippen LogP contribution in [-0.2, 0) is 11.3 Å². The number of carbonyl (C=O) groups excluding carboxylic acids is 1. The molecule has 2 N–H and O–H groups in total. The largest absolute Gasteiger partial charge is 0.355 e. The Morgan fingerprint density at radius 1 is 1.44 bits per heavy atom. The van der Waals surface area contributed by atoms with Crippen LogP contribution < -0.4 is 10.6 Å². The molecule has 2 rings (SSSR count). The fraction of sp³-hybridized carbons (Fsp3) is 0.692. The third-order valence-electron chi connectivity index (χ3n) is 3.30. The molecular formula is C13H22N4O. The monoisotopic (exact) mass is 250 g/mol. The minimum absolute atomic E-state index is 0.0113. The molecule has 1 saturated heterocycles. The molecule has 1 atom stereocenters. The summed E-state index contributed by atoms with van der Waals surface area (Å²) in [5.41, 5.74) is 0. The highest BCUT2D eigenvalue weighted by Crippen LogP contribution is 2.08. The van der Waals surface area contributed by atoms with Crippen LogP contribution in [0.4, 0.5) is 0 Å². The van der Waals surface area contributed by atoms with Crippen molar-refractivity contribution in [2.45, 2.75) is 44.7 Å². The van der Waals surface area contributed by atoms with E-state index in [-0.39, 0.29) is 11.9 Å². The van der Waals surface area contributed by atoms with Crippen LogP contribution in [0.15, 0.2) is 18.5 Å². The van der Waals surface area contributed by atoms with E-state index in [1.165, 1.54) is 12.8 Å². The summed E-state index contributed by atoms with van der Waals surface area (Å²) in [6.07, 6.45) is 9.16. The minimum atomic E-state index is 0.0113. The van der Waals surface area contributed by atoms with Crippen molar-refractivity contribution in [1.82, 2.24) is 20.4 Å². The first-order valence-electron chi connectivity index (χ1n) is 6.85. The van der Waals surface area contributed by atoms with Crippen LogP contribution in [0.3, 0.4) is 0 Å². The number of nitrogens with zero attached hydrogens (tertiary/aromatic N) is 2. The van der Waals surface area contributed by atoms with Crippen LogP contribution in [0.25, 0.3) is 0 Å². The van der Waals surface area contributed by atoms with Gasteiger partial charge in [0.05, 0.1) is 6.04 Å². The number of carbonyl (C=O) groups is 1. The highest BCUT2D eigenvalue weighted by atomic mass is 16.2. The molecule has 5 heteroatoms. The molecule has 5 nitrogen and oxygen atoms in total. The fourth-order valence-electron chi connectivity index (χ4n) is 2.26. The van der Waals surface area contributed by atoms with E-state index in [1.54, 1.807) is 6.20 Å². The summed E-state index contributed by atoms with van der Waals surface area (Å²) >= 11 is 0. The molecule has 18 heavy (non-hydrogen) atoms. The highest BCUT2D eigenvalue weighted by Gasteiger charge is 2.18. The Bertz CT molecular complexity index is 342. The van der Waals surface area contributed by atoms with Crippen molar-refractivity contribution >= 4 is 5.91 Å². The molecule has 0 aromatic carbocycles. The molecule has 1 aliphatic heterocycles. The first kappa shape index (κ1) is 13.1. The predicted octanol–water partition coefficient (Wildman–Crippen LogP) is 0.922. The second-order valence-corrected chi connectivity index (χ2v) is 4.77. The Labute approximate surface area is 108 Å². The zero-order valence-corrected chi connectivity index (χ0v) is 10.8. The number of hydrogen-bond donors (Lipinski definition) is 2. The standard InChI is InChI=1S/C13H22N4O/c18-13(12-6-2-1-3-7-14-12)15-8-4-10-17-11-5-9-16-17/h5,9,11-12,14H,1-4,6-8,10H2,(H,15,18). The molecular weight excluding hydrogens is 228 g/mol. The second-order valence-electron chi connectivity index (χ2n) is 4.77. The number of aryl methyl sites for hydroxylation is 1. The maximum absolute atomic E-state index is 11.9. The van der Waals surface area contributed by atoms with Gasteiger partial charge in [0.15, 0.2) is 0 Å². The lowest BCUT2D eigenvalue weighted by Gasteiger charge is -2.15. The van der Waals surface area contributed by atoms with E-state index >= 15 is 0 Å². The van der Waals surface area contributed by atoms with Gasteiger partial charge in [-0.3, -0.25) is 9.48 Å². The fourth-order valence-corrected chi connectivity index (χ4v) is 2.26. The highest BCUT2D eigenvalue weighted by molar-refractivity contribution is 5.81. The molecule has 100 valence electrons. The van der Waals surface area contributed by atoms with E-state index in [1.807, 2.05) is 16.9 Å². The van der Waals surface area contributed by atoms with E-state index in [9.17, 15) is 4.79 Å². The van der Waals surface area contributed by atoms with Gasteiger partial charge in [0.1, 0.15) is 0 Å². The summed E-state index contributed by atoms with van der Waals surface area (Å²) in [6, 6.07) is 1.92. The van der Waals surface area contributed by atoms with Gasteiger partial charge in [-0.25, -0.2) is 0 Å². The van der Waals surface area contributed by atoms with Crippen LogP contribution in [-0.4, -0.2) is 34.8 Å². The van der Waals surface area contributed by atoms with Crippen molar-refractivity contribution in [2.24, 2.45) is 0 Å². The Kier molecular flexibility index (Phi) is 5.20. The van der Waals surface area contributed by atoms with Crippen LogP contribution in [0.5, 0.6) is 0 Å². The SMILES string of the molecule is O=C(NCCCn1cccn1)C1CCCCCN1. The van der Waals surface area contributed by atoms with Crippen LogP contribution in [0.2, 0.25) is 0 Å². The molecule has 0 spiro atoms. The first-order chi connectivity index (χ1) is 8.86. The topological polar surface area (TPSA) is 59.0 Å². The van der Waals surface area contributed by atoms with Gasteiger partial charge in [-0.1, -0.05) is 12.8 Å². The lowest BCUT2D eigenvalue weighted by atomic mass is 10.1. The molecule has 0 saturated carbocycles.